The van der Waals surface area contributed by atoms with Gasteiger partial charge < -0.3 is 9.64 Å². The van der Waals surface area contributed by atoms with Crippen molar-refractivity contribution in [3.63, 3.8) is 0 Å². The number of anilines is 1. The predicted molar refractivity (Wildman–Crippen MR) is 95.9 cm³/mol. The number of methoxy groups -OCH3 is 1. The molecule has 0 aromatic heterocycles. The molecule has 2 saturated heterocycles. The molecular weight excluding hydrogens is 292 g/mol. The Bertz CT molecular complexity index is 457. The third-order valence-electron chi connectivity index (χ3n) is 4.97. The Morgan fingerprint density at radius 1 is 1.14 bits per heavy atom. The number of nitrogens with zero attached hydrogens (tertiary/aromatic N) is 2. The number of rotatable bonds is 4. The fourth-order valence-corrected chi connectivity index (χ4v) is 4.47. The molecule has 3 rings (SSSR count). The summed E-state index contributed by atoms with van der Waals surface area (Å²) in [7, 11) is 1.83. The predicted octanol–water partition coefficient (Wildman–Crippen LogP) is 3.24. The molecule has 0 N–H and O–H groups in total. The van der Waals surface area contributed by atoms with Gasteiger partial charge in [-0.15, -0.1) is 0 Å². The molecule has 1 atom stereocenters. The summed E-state index contributed by atoms with van der Waals surface area (Å²) in [5, 5.41) is 0. The van der Waals surface area contributed by atoms with Crippen LogP contribution in [0.3, 0.4) is 0 Å². The maximum Gasteiger partial charge on any atom is 0.0605 e. The molecule has 0 bridgehead atoms. The van der Waals surface area contributed by atoms with Gasteiger partial charge in [-0.1, -0.05) is 12.1 Å². The van der Waals surface area contributed by atoms with Gasteiger partial charge in [-0.25, -0.2) is 0 Å². The van der Waals surface area contributed by atoms with E-state index in [1.165, 1.54) is 29.3 Å². The van der Waals surface area contributed by atoms with Gasteiger partial charge in [0.1, 0.15) is 0 Å². The molecule has 0 saturated carbocycles. The van der Waals surface area contributed by atoms with Crippen molar-refractivity contribution in [1.29, 1.82) is 0 Å². The minimum atomic E-state index is 0.453. The van der Waals surface area contributed by atoms with E-state index in [4.69, 9.17) is 4.74 Å². The van der Waals surface area contributed by atoms with Crippen LogP contribution in [-0.2, 0) is 11.3 Å². The van der Waals surface area contributed by atoms with Crippen LogP contribution >= 0.6 is 11.8 Å². The molecule has 1 aromatic carbocycles. The summed E-state index contributed by atoms with van der Waals surface area (Å²) in [4.78, 5) is 5.09. The van der Waals surface area contributed by atoms with Gasteiger partial charge in [0.25, 0.3) is 0 Å². The summed E-state index contributed by atoms with van der Waals surface area (Å²) in [6.07, 6.45) is 2.73. The van der Waals surface area contributed by atoms with Crippen LogP contribution in [0.15, 0.2) is 24.3 Å². The molecule has 2 heterocycles. The number of hydrogen-bond acceptors (Lipinski definition) is 4. The minimum absolute atomic E-state index is 0.453. The van der Waals surface area contributed by atoms with E-state index in [9.17, 15) is 0 Å². The van der Waals surface area contributed by atoms with E-state index in [1.54, 1.807) is 0 Å². The van der Waals surface area contributed by atoms with Crippen LogP contribution in [-0.4, -0.2) is 55.3 Å². The van der Waals surface area contributed by atoms with Crippen LogP contribution in [0, 0.1) is 0 Å². The Hall–Kier alpha value is -0.710. The van der Waals surface area contributed by atoms with Crippen molar-refractivity contribution in [2.75, 3.05) is 43.1 Å². The molecular formula is C18H28N2OS. The quantitative estimate of drug-likeness (QED) is 0.846. The van der Waals surface area contributed by atoms with E-state index < -0.39 is 0 Å². The van der Waals surface area contributed by atoms with Crippen molar-refractivity contribution < 1.29 is 4.74 Å². The number of hydrogen-bond donors (Lipinski definition) is 0. The summed E-state index contributed by atoms with van der Waals surface area (Å²) >= 11 is 2.08. The summed E-state index contributed by atoms with van der Waals surface area (Å²) in [6.45, 7) is 6.88. The van der Waals surface area contributed by atoms with Crippen LogP contribution in [0.2, 0.25) is 0 Å². The summed E-state index contributed by atoms with van der Waals surface area (Å²) < 4.78 is 5.46. The SMILES string of the molecule is COC1CCN(c2ccc(CN3CCSC[C@H]3C)cc2)CC1. The van der Waals surface area contributed by atoms with Crippen LogP contribution < -0.4 is 4.90 Å². The average Bonchev–Trinajstić information content (AvgIpc) is 2.58. The molecule has 22 heavy (non-hydrogen) atoms. The molecule has 1 aromatic rings. The third-order valence-corrected chi connectivity index (χ3v) is 6.16. The largest absolute Gasteiger partial charge is 0.381 e. The fraction of sp³-hybridized carbons (Fsp3) is 0.667. The molecule has 4 heteroatoms. The van der Waals surface area contributed by atoms with Crippen molar-refractivity contribution in [2.24, 2.45) is 0 Å². The molecule has 0 aliphatic carbocycles. The highest BCUT2D eigenvalue weighted by atomic mass is 32.2. The van der Waals surface area contributed by atoms with Crippen molar-refractivity contribution in [3.8, 4) is 0 Å². The van der Waals surface area contributed by atoms with Crippen LogP contribution in [0.25, 0.3) is 0 Å². The first-order valence-electron chi connectivity index (χ1n) is 8.45. The number of ether oxygens (including phenoxy) is 1. The highest BCUT2D eigenvalue weighted by Crippen LogP contribution is 2.23. The van der Waals surface area contributed by atoms with Gasteiger partial charge in [0.15, 0.2) is 0 Å². The maximum atomic E-state index is 5.46. The second-order valence-electron chi connectivity index (χ2n) is 6.48. The topological polar surface area (TPSA) is 15.7 Å². The first-order chi connectivity index (χ1) is 10.8. The normalized spacial score (nSPS) is 24.6. The Morgan fingerprint density at radius 2 is 1.86 bits per heavy atom. The molecule has 0 radical (unpaired) electrons. The van der Waals surface area contributed by atoms with E-state index in [0.717, 1.165) is 32.5 Å². The maximum absolute atomic E-state index is 5.46. The van der Waals surface area contributed by atoms with Gasteiger partial charge in [-0.2, -0.15) is 11.8 Å². The number of piperidine rings is 1. The Kier molecular flexibility index (Phi) is 5.66. The van der Waals surface area contributed by atoms with Crippen molar-refractivity contribution >= 4 is 17.4 Å². The van der Waals surface area contributed by atoms with E-state index in [0.29, 0.717) is 12.1 Å². The summed E-state index contributed by atoms with van der Waals surface area (Å²) in [5.41, 5.74) is 2.80. The zero-order valence-corrected chi connectivity index (χ0v) is 14.6. The van der Waals surface area contributed by atoms with Crippen molar-refractivity contribution in [2.45, 2.75) is 38.5 Å². The minimum Gasteiger partial charge on any atom is -0.381 e. The van der Waals surface area contributed by atoms with Gasteiger partial charge in [0, 0.05) is 56.5 Å². The van der Waals surface area contributed by atoms with E-state index in [2.05, 4.69) is 52.8 Å². The highest BCUT2D eigenvalue weighted by Gasteiger charge is 2.20. The molecule has 3 nitrogen and oxygen atoms in total. The monoisotopic (exact) mass is 320 g/mol. The third kappa shape index (κ3) is 3.98. The average molecular weight is 321 g/mol. The van der Waals surface area contributed by atoms with Crippen molar-refractivity contribution in [1.82, 2.24) is 4.90 Å². The Morgan fingerprint density at radius 3 is 2.50 bits per heavy atom. The van der Waals surface area contributed by atoms with E-state index in [1.807, 2.05) is 7.11 Å². The second kappa shape index (κ2) is 7.71. The number of thioether (sulfide) groups is 1. The Labute approximate surface area is 139 Å². The van der Waals surface area contributed by atoms with Gasteiger partial charge >= 0.3 is 0 Å². The van der Waals surface area contributed by atoms with E-state index in [-0.39, 0.29) is 0 Å². The number of benzene rings is 1. The smallest absolute Gasteiger partial charge is 0.0605 e. The lowest BCUT2D eigenvalue weighted by Crippen LogP contribution is -2.39. The second-order valence-corrected chi connectivity index (χ2v) is 7.63. The highest BCUT2D eigenvalue weighted by molar-refractivity contribution is 7.99. The van der Waals surface area contributed by atoms with Crippen LogP contribution in [0.4, 0.5) is 5.69 Å². The van der Waals surface area contributed by atoms with E-state index >= 15 is 0 Å². The molecule has 0 amide bonds. The molecule has 122 valence electrons. The van der Waals surface area contributed by atoms with Crippen LogP contribution in [0.1, 0.15) is 25.3 Å². The lowest BCUT2D eigenvalue weighted by molar-refractivity contribution is 0.0819. The molecule has 2 fully saturated rings. The first-order valence-corrected chi connectivity index (χ1v) is 9.60. The first kappa shape index (κ1) is 16.2. The van der Waals surface area contributed by atoms with Crippen molar-refractivity contribution in [3.05, 3.63) is 29.8 Å². The Balaban J connectivity index is 1.56. The molecule has 0 unspecified atom stereocenters. The molecule has 0 spiro atoms. The van der Waals surface area contributed by atoms with Gasteiger partial charge in [0.2, 0.25) is 0 Å². The zero-order valence-electron chi connectivity index (χ0n) is 13.8. The zero-order chi connectivity index (χ0) is 15.4. The summed E-state index contributed by atoms with van der Waals surface area (Å²) in [5.74, 6) is 2.55. The molecule has 2 aliphatic rings. The lowest BCUT2D eigenvalue weighted by atomic mass is 10.1. The fourth-order valence-electron chi connectivity index (χ4n) is 3.39. The molecule has 2 aliphatic heterocycles. The standard InChI is InChI=1S/C18H28N2OS/c1-15-14-22-12-11-20(15)13-16-3-5-17(6-4-16)19-9-7-18(21-2)8-10-19/h3-6,15,18H,7-14H2,1-2H3/t15-/m1/s1. The summed E-state index contributed by atoms with van der Waals surface area (Å²) in [6, 6.07) is 9.92. The lowest BCUT2D eigenvalue weighted by Gasteiger charge is -2.34. The van der Waals surface area contributed by atoms with Crippen LogP contribution in [0.5, 0.6) is 0 Å². The van der Waals surface area contributed by atoms with Gasteiger partial charge in [0.05, 0.1) is 6.10 Å². The van der Waals surface area contributed by atoms with Gasteiger partial charge in [-0.3, -0.25) is 4.90 Å². The van der Waals surface area contributed by atoms with Gasteiger partial charge in [-0.05, 0) is 37.5 Å².